The number of imide groups is 1. The van der Waals surface area contributed by atoms with Crippen LogP contribution in [0.4, 0.5) is 4.79 Å². The molecule has 0 aliphatic carbocycles. The fraction of sp³-hybridized carbons (Fsp3) is 0.211. The third-order valence-electron chi connectivity index (χ3n) is 3.40. The second kappa shape index (κ2) is 7.98. The summed E-state index contributed by atoms with van der Waals surface area (Å²) in [4.78, 5) is 27.1. The molecule has 25 heavy (non-hydrogen) atoms. The van der Waals surface area contributed by atoms with Crippen LogP contribution in [-0.4, -0.2) is 22.7 Å². The van der Waals surface area contributed by atoms with Crippen LogP contribution in [-0.2, 0) is 17.6 Å². The van der Waals surface area contributed by atoms with Crippen LogP contribution >= 0.6 is 11.8 Å². The van der Waals surface area contributed by atoms with Crippen molar-refractivity contribution in [1.82, 2.24) is 10.3 Å². The maximum absolute atomic E-state index is 11.6. The molecule has 5 nitrogen and oxygen atoms in total. The summed E-state index contributed by atoms with van der Waals surface area (Å²) < 4.78 is 37.9. The molecular formula is C19H18N2O3S. The molecule has 128 valence electrons. The standard InChI is InChI=1S/C19H18N2O3S/c1-2-13-3-6-15(20-12-13)9-10-24-16-7-4-14(5-8-16)11-17-18(22)21-19(23)25-17/h3-8,11-12H,2,9-10H2,1H3,(H,21,22,23)/b17-11+/i9D2,10D2. The highest BCUT2D eigenvalue weighted by Gasteiger charge is 2.24. The van der Waals surface area contributed by atoms with Gasteiger partial charge in [-0.15, -0.1) is 0 Å². The first-order chi connectivity index (χ1) is 13.6. The molecule has 1 aromatic carbocycles. The number of thioether (sulfide) groups is 1. The van der Waals surface area contributed by atoms with Gasteiger partial charge in [0.25, 0.3) is 11.1 Å². The Morgan fingerprint density at radius 1 is 1.24 bits per heavy atom. The van der Waals surface area contributed by atoms with E-state index in [1.807, 2.05) is 6.92 Å². The normalized spacial score (nSPS) is 19.0. The number of nitrogens with one attached hydrogen (secondary N) is 1. The lowest BCUT2D eigenvalue weighted by molar-refractivity contribution is -0.115. The number of nitrogens with zero attached hydrogens (tertiary/aromatic N) is 1. The third kappa shape index (κ3) is 4.70. The summed E-state index contributed by atoms with van der Waals surface area (Å²) in [5.74, 6) is -0.350. The van der Waals surface area contributed by atoms with Crippen molar-refractivity contribution in [3.63, 3.8) is 0 Å². The van der Waals surface area contributed by atoms with E-state index in [9.17, 15) is 9.59 Å². The van der Waals surface area contributed by atoms with E-state index in [0.29, 0.717) is 5.56 Å². The molecule has 0 radical (unpaired) electrons. The molecule has 1 N–H and O–H groups in total. The lowest BCUT2D eigenvalue weighted by Gasteiger charge is -2.07. The maximum atomic E-state index is 11.6. The summed E-state index contributed by atoms with van der Waals surface area (Å²) in [5, 5.41) is 1.73. The van der Waals surface area contributed by atoms with Crippen LogP contribution in [0.15, 0.2) is 47.5 Å². The third-order valence-corrected chi connectivity index (χ3v) is 4.21. The molecule has 0 atom stereocenters. The minimum absolute atomic E-state index is 0.0602. The van der Waals surface area contributed by atoms with E-state index in [1.165, 1.54) is 30.5 Å². The zero-order valence-corrected chi connectivity index (χ0v) is 14.2. The Morgan fingerprint density at radius 3 is 2.64 bits per heavy atom. The van der Waals surface area contributed by atoms with Gasteiger partial charge in [-0.2, -0.15) is 0 Å². The van der Waals surface area contributed by atoms with Crippen LogP contribution in [0.1, 0.15) is 29.2 Å². The minimum atomic E-state index is -2.68. The summed E-state index contributed by atoms with van der Waals surface area (Å²) >= 11 is 0.800. The van der Waals surface area contributed by atoms with Crippen LogP contribution in [0.5, 0.6) is 5.75 Å². The Balaban J connectivity index is 1.76. The Labute approximate surface area is 156 Å². The van der Waals surface area contributed by atoms with Crippen molar-refractivity contribution >= 4 is 29.0 Å². The summed E-state index contributed by atoms with van der Waals surface area (Å²) in [7, 11) is 0. The van der Waals surface area contributed by atoms with Crippen molar-refractivity contribution in [2.45, 2.75) is 19.7 Å². The lowest BCUT2D eigenvalue weighted by atomic mass is 10.2. The van der Waals surface area contributed by atoms with Gasteiger partial charge >= 0.3 is 0 Å². The highest BCUT2D eigenvalue weighted by Crippen LogP contribution is 2.26. The van der Waals surface area contributed by atoms with Crippen molar-refractivity contribution in [2.24, 2.45) is 0 Å². The van der Waals surface area contributed by atoms with Crippen LogP contribution < -0.4 is 10.1 Å². The molecule has 6 heteroatoms. The average Bonchev–Trinajstić information content (AvgIpc) is 3.00. The predicted octanol–water partition coefficient (Wildman–Crippen LogP) is 3.59. The number of rotatable bonds is 6. The number of hydrogen-bond acceptors (Lipinski definition) is 5. The van der Waals surface area contributed by atoms with Gasteiger partial charge in [-0.3, -0.25) is 19.9 Å². The first-order valence-electron chi connectivity index (χ1n) is 9.62. The van der Waals surface area contributed by atoms with Crippen LogP contribution in [0.3, 0.4) is 0 Å². The van der Waals surface area contributed by atoms with Crippen LogP contribution in [0, 0.1) is 0 Å². The van der Waals surface area contributed by atoms with Crippen LogP contribution in [0.25, 0.3) is 6.08 Å². The summed E-state index contributed by atoms with van der Waals surface area (Å²) in [6.07, 6.45) is 1.31. The molecule has 2 amide bonds. The number of ether oxygens (including phenoxy) is 1. The van der Waals surface area contributed by atoms with Gasteiger partial charge in [0, 0.05) is 21.0 Å². The van der Waals surface area contributed by atoms with Crippen molar-refractivity contribution in [3.05, 3.63) is 64.3 Å². The molecule has 2 heterocycles. The van der Waals surface area contributed by atoms with Gasteiger partial charge in [0.2, 0.25) is 0 Å². The smallest absolute Gasteiger partial charge is 0.290 e. The van der Waals surface area contributed by atoms with E-state index >= 15 is 0 Å². The summed E-state index contributed by atoms with van der Waals surface area (Å²) in [6.45, 7) is -0.732. The molecule has 1 aliphatic rings. The molecule has 2 aromatic rings. The number of aromatic nitrogens is 1. The first kappa shape index (κ1) is 12.7. The number of amides is 2. The fourth-order valence-electron chi connectivity index (χ4n) is 2.05. The minimum Gasteiger partial charge on any atom is -0.493 e. The fourth-order valence-corrected chi connectivity index (χ4v) is 2.73. The van der Waals surface area contributed by atoms with E-state index in [4.69, 9.17) is 10.2 Å². The predicted molar refractivity (Wildman–Crippen MR) is 98.4 cm³/mol. The summed E-state index contributed by atoms with van der Waals surface area (Å²) in [6, 6.07) is 9.26. The summed E-state index contributed by atoms with van der Waals surface area (Å²) in [5.41, 5.74) is 1.48. The van der Waals surface area contributed by atoms with Gasteiger partial charge in [-0.1, -0.05) is 25.1 Å². The molecule has 1 aromatic heterocycles. The molecule has 0 bridgehead atoms. The molecule has 1 aliphatic heterocycles. The zero-order chi connectivity index (χ0) is 21.2. The largest absolute Gasteiger partial charge is 0.493 e. The van der Waals surface area contributed by atoms with Gasteiger partial charge in [-0.25, -0.2) is 0 Å². The number of aryl methyl sites for hydroxylation is 2. The van der Waals surface area contributed by atoms with Crippen molar-refractivity contribution in [1.29, 1.82) is 0 Å². The quantitative estimate of drug-likeness (QED) is 0.799. The number of carbonyl (C=O) groups is 2. The second-order valence-electron chi connectivity index (χ2n) is 5.16. The molecule has 0 saturated carbocycles. The van der Waals surface area contributed by atoms with Gasteiger partial charge in [0.15, 0.2) is 0 Å². The Hall–Kier alpha value is -2.60. The monoisotopic (exact) mass is 358 g/mol. The van der Waals surface area contributed by atoms with E-state index in [1.54, 1.807) is 18.2 Å². The highest BCUT2D eigenvalue weighted by molar-refractivity contribution is 8.18. The number of hydrogen-bond donors (Lipinski definition) is 1. The van der Waals surface area contributed by atoms with Gasteiger partial charge in [-0.05, 0) is 53.6 Å². The SMILES string of the molecule is [2H]C([2H])(Oc1ccc(/C=C2/SC(=O)NC2=O)cc1)C([2H])([2H])c1ccc(CC)cn1. The van der Waals surface area contributed by atoms with Gasteiger partial charge in [0.1, 0.15) is 5.75 Å². The van der Waals surface area contributed by atoms with E-state index in [2.05, 4.69) is 10.3 Å². The second-order valence-corrected chi connectivity index (χ2v) is 6.17. The topological polar surface area (TPSA) is 68.3 Å². The van der Waals surface area contributed by atoms with Crippen molar-refractivity contribution < 1.29 is 19.8 Å². The van der Waals surface area contributed by atoms with Crippen molar-refractivity contribution in [2.75, 3.05) is 6.56 Å². The molecule has 1 saturated heterocycles. The maximum Gasteiger partial charge on any atom is 0.290 e. The van der Waals surface area contributed by atoms with Gasteiger partial charge < -0.3 is 4.74 Å². The van der Waals surface area contributed by atoms with E-state index in [-0.39, 0.29) is 16.3 Å². The zero-order valence-electron chi connectivity index (χ0n) is 17.4. The lowest BCUT2D eigenvalue weighted by Crippen LogP contribution is -2.17. The number of benzene rings is 1. The molecular weight excluding hydrogens is 336 g/mol. The molecule has 0 unspecified atom stereocenters. The van der Waals surface area contributed by atoms with Gasteiger partial charge in [0.05, 0.1) is 14.2 Å². The highest BCUT2D eigenvalue weighted by atomic mass is 32.2. The molecule has 1 fully saturated rings. The Morgan fingerprint density at radius 2 is 2.04 bits per heavy atom. The Kier molecular flexibility index (Phi) is 4.06. The average molecular weight is 358 g/mol. The number of pyridine rings is 1. The van der Waals surface area contributed by atoms with E-state index < -0.39 is 24.1 Å². The number of carbonyl (C=O) groups excluding carboxylic acids is 2. The molecule has 3 rings (SSSR count). The van der Waals surface area contributed by atoms with E-state index in [0.717, 1.165) is 23.7 Å². The van der Waals surface area contributed by atoms with Crippen molar-refractivity contribution in [3.8, 4) is 5.75 Å². The van der Waals surface area contributed by atoms with Crippen LogP contribution in [0.2, 0.25) is 0 Å². The Bertz CT molecular complexity index is 960. The molecule has 0 spiro atoms. The first-order valence-corrected chi connectivity index (χ1v) is 8.43.